The molecular formula is C23H25NO8. The monoisotopic (exact) mass is 443 g/mol. The molecule has 0 aromatic heterocycles. The number of carbonyl (C=O) groups is 3. The van der Waals surface area contributed by atoms with Crippen LogP contribution in [0.5, 0.6) is 5.75 Å². The van der Waals surface area contributed by atoms with Crippen molar-refractivity contribution < 1.29 is 38.8 Å². The van der Waals surface area contributed by atoms with E-state index in [9.17, 15) is 14.4 Å². The van der Waals surface area contributed by atoms with Crippen LogP contribution in [0.25, 0.3) is 0 Å². The average Bonchev–Trinajstić information content (AvgIpc) is 2.79. The molecule has 0 spiro atoms. The van der Waals surface area contributed by atoms with Gasteiger partial charge in [-0.1, -0.05) is 36.4 Å². The predicted molar refractivity (Wildman–Crippen MR) is 114 cm³/mol. The van der Waals surface area contributed by atoms with Gasteiger partial charge in [0.1, 0.15) is 18.5 Å². The first-order chi connectivity index (χ1) is 15.5. The zero-order valence-corrected chi connectivity index (χ0v) is 17.5. The summed E-state index contributed by atoms with van der Waals surface area (Å²) in [6.45, 7) is 1.65. The van der Waals surface area contributed by atoms with E-state index in [1.807, 2.05) is 0 Å². The number of benzene rings is 2. The Balaban J connectivity index is 2.34. The highest BCUT2D eigenvalue weighted by molar-refractivity contribution is 6.02. The molecule has 2 amide bonds. The summed E-state index contributed by atoms with van der Waals surface area (Å²) in [5.41, 5.74) is 0.636. The number of carbonyl (C=O) groups excluding carboxylic acids is 2. The average molecular weight is 443 g/mol. The van der Waals surface area contributed by atoms with E-state index < -0.39 is 30.2 Å². The van der Waals surface area contributed by atoms with Crippen molar-refractivity contribution in [1.29, 1.82) is 0 Å². The van der Waals surface area contributed by atoms with Crippen molar-refractivity contribution in [2.75, 3.05) is 19.8 Å². The number of aliphatic carboxylic acids is 1. The lowest BCUT2D eigenvalue weighted by molar-refractivity contribution is -0.131. The molecule has 2 rings (SSSR count). The maximum atomic E-state index is 12.6. The first-order valence-electron chi connectivity index (χ1n) is 9.88. The molecule has 0 saturated heterocycles. The fourth-order valence-electron chi connectivity index (χ4n) is 2.82. The van der Waals surface area contributed by atoms with Crippen LogP contribution in [-0.4, -0.2) is 54.1 Å². The smallest absolute Gasteiger partial charge is 0.414 e. The number of hydrogen-bond acceptors (Lipinski definition) is 7. The molecule has 0 heterocycles. The molecule has 0 fully saturated rings. The normalized spacial score (nSPS) is 12.7. The molecular weight excluding hydrogens is 418 g/mol. The van der Waals surface area contributed by atoms with Crippen molar-refractivity contribution in [3.63, 3.8) is 0 Å². The van der Waals surface area contributed by atoms with Gasteiger partial charge in [0.25, 0.3) is 5.91 Å². The fourth-order valence-corrected chi connectivity index (χ4v) is 2.82. The number of imide groups is 1. The minimum atomic E-state index is -1.21. The molecule has 2 aromatic rings. The van der Waals surface area contributed by atoms with Gasteiger partial charge in [-0.15, -0.1) is 0 Å². The van der Waals surface area contributed by atoms with E-state index in [0.717, 1.165) is 6.08 Å². The van der Waals surface area contributed by atoms with Crippen molar-refractivity contribution in [1.82, 2.24) is 5.32 Å². The van der Waals surface area contributed by atoms with Crippen LogP contribution < -0.4 is 10.1 Å². The van der Waals surface area contributed by atoms with Crippen LogP contribution in [0.3, 0.4) is 0 Å². The Bertz CT molecular complexity index is 929. The third-order valence-corrected chi connectivity index (χ3v) is 4.15. The number of aliphatic hydroxyl groups is 1. The molecule has 9 nitrogen and oxygen atoms in total. The number of amides is 2. The summed E-state index contributed by atoms with van der Waals surface area (Å²) in [7, 11) is 0. The van der Waals surface area contributed by atoms with Crippen LogP contribution in [0.4, 0.5) is 4.79 Å². The highest BCUT2D eigenvalue weighted by Crippen LogP contribution is 2.32. The number of aliphatic hydroxyl groups excluding tert-OH is 1. The van der Waals surface area contributed by atoms with Crippen molar-refractivity contribution in [3.05, 3.63) is 77.9 Å². The molecule has 0 saturated carbocycles. The lowest BCUT2D eigenvalue weighted by Gasteiger charge is -2.26. The van der Waals surface area contributed by atoms with Crippen molar-refractivity contribution in [3.8, 4) is 5.75 Å². The van der Waals surface area contributed by atoms with Crippen molar-refractivity contribution >= 4 is 18.0 Å². The molecule has 0 aliphatic rings. The lowest BCUT2D eigenvalue weighted by atomic mass is 10.0. The molecule has 2 atom stereocenters. The van der Waals surface area contributed by atoms with Crippen LogP contribution in [0, 0.1) is 0 Å². The van der Waals surface area contributed by atoms with Crippen molar-refractivity contribution in [2.45, 2.75) is 19.1 Å². The SMILES string of the molecule is CCO[C@@H](/C=C/C(=O)O)[C@@H](OC(=O)NC(=O)c1ccccc1)c1ccccc1OCCO. The standard InChI is InChI=1S/C23H25NO8/c1-2-30-19(12-13-20(26)27)21(17-10-6-7-11-18(17)31-15-14-25)32-23(29)24-22(28)16-8-4-3-5-9-16/h3-13,19,21,25H,2,14-15H2,1H3,(H,26,27)(H,24,28,29)/b13-12+/t19-,21-/m0/s1. The third kappa shape index (κ3) is 7.53. The maximum absolute atomic E-state index is 12.6. The maximum Gasteiger partial charge on any atom is 0.414 e. The second-order valence-electron chi connectivity index (χ2n) is 6.37. The zero-order chi connectivity index (χ0) is 23.3. The van der Waals surface area contributed by atoms with Gasteiger partial charge in [0, 0.05) is 23.8 Å². The molecule has 2 aromatic carbocycles. The van der Waals surface area contributed by atoms with E-state index in [0.29, 0.717) is 11.3 Å². The van der Waals surface area contributed by atoms with Gasteiger partial charge in [-0.3, -0.25) is 10.1 Å². The summed E-state index contributed by atoms with van der Waals surface area (Å²) in [5.74, 6) is -1.56. The number of alkyl carbamates (subject to hydrolysis) is 1. The van der Waals surface area contributed by atoms with Gasteiger partial charge in [-0.2, -0.15) is 0 Å². The third-order valence-electron chi connectivity index (χ3n) is 4.15. The van der Waals surface area contributed by atoms with Crippen molar-refractivity contribution in [2.24, 2.45) is 0 Å². The van der Waals surface area contributed by atoms with Gasteiger partial charge in [0.05, 0.1) is 6.61 Å². The first-order valence-corrected chi connectivity index (χ1v) is 9.88. The summed E-state index contributed by atoms with van der Waals surface area (Å²) >= 11 is 0. The minimum absolute atomic E-state index is 0.00725. The summed E-state index contributed by atoms with van der Waals surface area (Å²) in [4.78, 5) is 35.9. The molecule has 0 bridgehead atoms. The number of para-hydroxylation sites is 1. The van der Waals surface area contributed by atoms with Gasteiger partial charge in [0.2, 0.25) is 0 Å². The van der Waals surface area contributed by atoms with Crippen LogP contribution in [0.15, 0.2) is 66.7 Å². The highest BCUT2D eigenvalue weighted by Gasteiger charge is 2.29. The number of nitrogens with one attached hydrogen (secondary N) is 1. The van der Waals surface area contributed by atoms with Gasteiger partial charge < -0.3 is 24.4 Å². The van der Waals surface area contributed by atoms with E-state index in [2.05, 4.69) is 5.32 Å². The molecule has 32 heavy (non-hydrogen) atoms. The number of hydrogen-bond donors (Lipinski definition) is 3. The molecule has 0 unspecified atom stereocenters. The minimum Gasteiger partial charge on any atom is -0.491 e. The summed E-state index contributed by atoms with van der Waals surface area (Å²) in [6, 6.07) is 14.7. The van der Waals surface area contributed by atoms with E-state index in [1.165, 1.54) is 18.2 Å². The van der Waals surface area contributed by atoms with Crippen LogP contribution in [0.1, 0.15) is 28.9 Å². The number of carboxylic acid groups (broad SMARTS) is 1. The number of ether oxygens (including phenoxy) is 3. The van der Waals surface area contributed by atoms with Crippen LogP contribution >= 0.6 is 0 Å². The molecule has 170 valence electrons. The Morgan fingerprint density at radius 1 is 1.06 bits per heavy atom. The van der Waals surface area contributed by atoms with E-state index in [-0.39, 0.29) is 25.4 Å². The largest absolute Gasteiger partial charge is 0.491 e. The molecule has 0 radical (unpaired) electrons. The van der Waals surface area contributed by atoms with Crippen LogP contribution in [0.2, 0.25) is 0 Å². The summed E-state index contributed by atoms with van der Waals surface area (Å²) in [5, 5.41) is 20.3. The second-order valence-corrected chi connectivity index (χ2v) is 6.37. The molecule has 9 heteroatoms. The van der Waals surface area contributed by atoms with E-state index >= 15 is 0 Å². The first kappa shape index (κ1) is 24.6. The topological polar surface area (TPSA) is 131 Å². The van der Waals surface area contributed by atoms with Gasteiger partial charge in [-0.25, -0.2) is 9.59 Å². The summed E-state index contributed by atoms with van der Waals surface area (Å²) in [6.07, 6.45) is -1.07. The Hall–Kier alpha value is -3.69. The lowest BCUT2D eigenvalue weighted by Crippen LogP contribution is -2.35. The number of rotatable bonds is 11. The Morgan fingerprint density at radius 3 is 2.41 bits per heavy atom. The quantitative estimate of drug-likeness (QED) is 0.452. The van der Waals surface area contributed by atoms with E-state index in [4.69, 9.17) is 24.4 Å². The fraction of sp³-hybridized carbons (Fsp3) is 0.261. The second kappa shape index (κ2) is 12.9. The van der Waals surface area contributed by atoms with Gasteiger partial charge in [-0.05, 0) is 31.2 Å². The zero-order valence-electron chi connectivity index (χ0n) is 17.5. The van der Waals surface area contributed by atoms with Gasteiger partial charge in [0.15, 0.2) is 6.10 Å². The van der Waals surface area contributed by atoms with E-state index in [1.54, 1.807) is 49.4 Å². The number of carboxylic acids is 1. The predicted octanol–water partition coefficient (Wildman–Crippen LogP) is 2.71. The molecule has 3 N–H and O–H groups in total. The summed E-state index contributed by atoms with van der Waals surface area (Å²) < 4.78 is 16.7. The molecule has 0 aliphatic heterocycles. The highest BCUT2D eigenvalue weighted by atomic mass is 16.6. The van der Waals surface area contributed by atoms with Crippen LogP contribution in [-0.2, 0) is 14.3 Å². The molecule has 0 aliphatic carbocycles. The Labute approximate surface area is 185 Å². The Kier molecular flexibility index (Phi) is 9.89. The van der Waals surface area contributed by atoms with Gasteiger partial charge >= 0.3 is 12.1 Å². The Morgan fingerprint density at radius 2 is 1.75 bits per heavy atom.